The Balaban J connectivity index is 2.00. The Morgan fingerprint density at radius 1 is 1.29 bits per heavy atom. The molecule has 0 radical (unpaired) electrons. The van der Waals surface area contributed by atoms with Crippen LogP contribution in [0.4, 0.5) is 5.82 Å². The first kappa shape index (κ1) is 13.4. The minimum absolute atomic E-state index is 0.124. The SMILES string of the molecule is Cc1[nH]c2ncnc(NC(=O)c3cncc(Cl)n3)c2c1C. The number of nitrogens with zero attached hydrogens (tertiary/aromatic N) is 4. The van der Waals surface area contributed by atoms with E-state index in [1.165, 1.54) is 18.7 Å². The van der Waals surface area contributed by atoms with Crippen molar-refractivity contribution in [3.05, 3.63) is 40.8 Å². The smallest absolute Gasteiger partial charge is 0.277 e. The molecule has 7 nitrogen and oxygen atoms in total. The summed E-state index contributed by atoms with van der Waals surface area (Å²) in [6.07, 6.45) is 4.09. The van der Waals surface area contributed by atoms with Gasteiger partial charge in [0.1, 0.15) is 28.6 Å². The van der Waals surface area contributed by atoms with Gasteiger partial charge in [-0.1, -0.05) is 11.6 Å². The van der Waals surface area contributed by atoms with Crippen molar-refractivity contribution in [3.8, 4) is 0 Å². The molecule has 0 aliphatic rings. The van der Waals surface area contributed by atoms with E-state index in [1.54, 1.807) is 0 Å². The molecule has 0 saturated carbocycles. The number of fused-ring (bicyclic) bond motifs is 1. The molecule has 0 saturated heterocycles. The molecule has 1 amide bonds. The summed E-state index contributed by atoms with van der Waals surface area (Å²) in [6, 6.07) is 0. The highest BCUT2D eigenvalue weighted by atomic mass is 35.5. The van der Waals surface area contributed by atoms with Crippen molar-refractivity contribution in [1.82, 2.24) is 24.9 Å². The Kier molecular flexibility index (Phi) is 3.26. The number of anilines is 1. The number of hydrogen-bond donors (Lipinski definition) is 2. The lowest BCUT2D eigenvalue weighted by Crippen LogP contribution is -2.15. The van der Waals surface area contributed by atoms with E-state index in [-0.39, 0.29) is 10.8 Å². The molecule has 2 N–H and O–H groups in total. The van der Waals surface area contributed by atoms with Gasteiger partial charge in [0.25, 0.3) is 5.91 Å². The summed E-state index contributed by atoms with van der Waals surface area (Å²) in [6.45, 7) is 3.87. The lowest BCUT2D eigenvalue weighted by molar-refractivity contribution is 0.102. The van der Waals surface area contributed by atoms with Crippen molar-refractivity contribution < 1.29 is 4.79 Å². The molecule has 106 valence electrons. The van der Waals surface area contributed by atoms with E-state index in [0.29, 0.717) is 11.5 Å². The maximum Gasteiger partial charge on any atom is 0.277 e. The standard InChI is InChI=1S/C13H11ClN6O/c1-6-7(2)18-11-10(6)12(17-5-16-11)20-13(21)8-3-15-4-9(14)19-8/h3-5H,1-2H3,(H2,16,17,18,20,21). The molecule has 3 aromatic rings. The molecule has 3 heterocycles. The molecule has 0 unspecified atom stereocenters. The number of hydrogen-bond acceptors (Lipinski definition) is 5. The summed E-state index contributed by atoms with van der Waals surface area (Å²) >= 11 is 5.73. The molecular weight excluding hydrogens is 292 g/mol. The largest absolute Gasteiger partial charge is 0.343 e. The van der Waals surface area contributed by atoms with Crippen molar-refractivity contribution in [3.63, 3.8) is 0 Å². The van der Waals surface area contributed by atoms with E-state index >= 15 is 0 Å². The third-order valence-corrected chi connectivity index (χ3v) is 3.34. The second kappa shape index (κ2) is 5.10. The number of aromatic nitrogens is 5. The number of carbonyl (C=O) groups is 1. The molecule has 0 aromatic carbocycles. The van der Waals surface area contributed by atoms with Crippen LogP contribution in [0.2, 0.25) is 5.15 Å². The summed E-state index contributed by atoms with van der Waals surface area (Å²) in [5.41, 5.74) is 2.76. The minimum atomic E-state index is -0.428. The molecule has 21 heavy (non-hydrogen) atoms. The Hall–Kier alpha value is -2.54. The van der Waals surface area contributed by atoms with Gasteiger partial charge in [-0.3, -0.25) is 9.78 Å². The zero-order valence-corrected chi connectivity index (χ0v) is 12.1. The first-order valence-corrected chi connectivity index (χ1v) is 6.53. The van der Waals surface area contributed by atoms with Crippen molar-refractivity contribution >= 4 is 34.4 Å². The number of nitrogens with one attached hydrogen (secondary N) is 2. The molecule has 0 atom stereocenters. The molecule has 8 heteroatoms. The third-order valence-electron chi connectivity index (χ3n) is 3.16. The Labute approximate surface area is 124 Å². The second-order valence-corrected chi connectivity index (χ2v) is 4.89. The highest BCUT2D eigenvalue weighted by molar-refractivity contribution is 6.29. The Morgan fingerprint density at radius 3 is 2.86 bits per heavy atom. The summed E-state index contributed by atoms with van der Waals surface area (Å²) in [4.78, 5) is 31.4. The second-order valence-electron chi connectivity index (χ2n) is 4.50. The fourth-order valence-corrected chi connectivity index (χ4v) is 2.16. The van der Waals surface area contributed by atoms with Gasteiger partial charge in [0.05, 0.1) is 17.8 Å². The monoisotopic (exact) mass is 302 g/mol. The van der Waals surface area contributed by atoms with Gasteiger partial charge in [-0.25, -0.2) is 15.0 Å². The molecule has 3 aromatic heterocycles. The van der Waals surface area contributed by atoms with Gasteiger partial charge in [-0.05, 0) is 19.4 Å². The number of halogens is 1. The summed E-state index contributed by atoms with van der Waals surface area (Å²) < 4.78 is 0. The fraction of sp³-hybridized carbons (Fsp3) is 0.154. The van der Waals surface area contributed by atoms with Crippen LogP contribution in [0.3, 0.4) is 0 Å². The van der Waals surface area contributed by atoms with Crippen molar-refractivity contribution in [2.75, 3.05) is 5.32 Å². The zero-order chi connectivity index (χ0) is 15.0. The number of amides is 1. The minimum Gasteiger partial charge on any atom is -0.343 e. The van der Waals surface area contributed by atoms with Gasteiger partial charge in [0.2, 0.25) is 0 Å². The van der Waals surface area contributed by atoms with Crippen LogP contribution in [-0.2, 0) is 0 Å². The Bertz CT molecular complexity index is 844. The third kappa shape index (κ3) is 2.43. The number of carbonyl (C=O) groups excluding carboxylic acids is 1. The fourth-order valence-electron chi connectivity index (χ4n) is 2.01. The van der Waals surface area contributed by atoms with Gasteiger partial charge >= 0.3 is 0 Å². The summed E-state index contributed by atoms with van der Waals surface area (Å²) in [5.74, 6) is -0.00289. The number of rotatable bonds is 2. The van der Waals surface area contributed by atoms with Crippen molar-refractivity contribution in [2.45, 2.75) is 13.8 Å². The van der Waals surface area contributed by atoms with Crippen LogP contribution in [-0.4, -0.2) is 30.8 Å². The normalized spacial score (nSPS) is 10.8. The van der Waals surface area contributed by atoms with Crippen molar-refractivity contribution in [2.24, 2.45) is 0 Å². The number of H-pyrrole nitrogens is 1. The van der Waals surface area contributed by atoms with E-state index in [9.17, 15) is 4.79 Å². The molecule has 0 bridgehead atoms. The molecule has 0 spiro atoms. The molecule has 0 aliphatic carbocycles. The molecular formula is C13H11ClN6O. The van der Waals surface area contributed by atoms with Crippen LogP contribution in [0.15, 0.2) is 18.7 Å². The van der Waals surface area contributed by atoms with Crippen molar-refractivity contribution in [1.29, 1.82) is 0 Å². The van der Waals surface area contributed by atoms with E-state index in [2.05, 4.69) is 30.2 Å². The lowest BCUT2D eigenvalue weighted by Gasteiger charge is -2.05. The van der Waals surface area contributed by atoms with E-state index in [4.69, 9.17) is 11.6 Å². The van der Waals surface area contributed by atoms with E-state index in [1.807, 2.05) is 13.8 Å². The van der Waals surface area contributed by atoms with Crippen LogP contribution < -0.4 is 5.32 Å². The zero-order valence-electron chi connectivity index (χ0n) is 11.3. The van der Waals surface area contributed by atoms with Gasteiger partial charge in [0.15, 0.2) is 0 Å². The van der Waals surface area contributed by atoms with Gasteiger partial charge < -0.3 is 10.3 Å². The van der Waals surface area contributed by atoms with Crippen LogP contribution in [0.5, 0.6) is 0 Å². The van der Waals surface area contributed by atoms with E-state index < -0.39 is 5.91 Å². The quantitative estimate of drug-likeness (QED) is 0.757. The first-order valence-electron chi connectivity index (χ1n) is 6.15. The van der Waals surface area contributed by atoms with Gasteiger partial charge in [0, 0.05) is 5.69 Å². The highest BCUT2D eigenvalue weighted by Gasteiger charge is 2.15. The average Bonchev–Trinajstić information content (AvgIpc) is 2.75. The first-order chi connectivity index (χ1) is 10.1. The van der Waals surface area contributed by atoms with Crippen LogP contribution >= 0.6 is 11.6 Å². The predicted molar refractivity (Wildman–Crippen MR) is 78.4 cm³/mol. The van der Waals surface area contributed by atoms with Crippen LogP contribution in [0, 0.1) is 13.8 Å². The lowest BCUT2D eigenvalue weighted by atomic mass is 10.2. The van der Waals surface area contributed by atoms with E-state index in [0.717, 1.165) is 16.6 Å². The molecule has 3 rings (SSSR count). The number of aryl methyl sites for hydroxylation is 2. The van der Waals surface area contributed by atoms with Gasteiger partial charge in [-0.15, -0.1) is 0 Å². The number of aromatic amines is 1. The topological polar surface area (TPSA) is 96.5 Å². The average molecular weight is 303 g/mol. The predicted octanol–water partition coefficient (Wildman–Crippen LogP) is 2.27. The molecule has 0 fully saturated rings. The molecule has 0 aliphatic heterocycles. The Morgan fingerprint density at radius 2 is 2.10 bits per heavy atom. The van der Waals surface area contributed by atoms with Gasteiger partial charge in [-0.2, -0.15) is 0 Å². The summed E-state index contributed by atoms with van der Waals surface area (Å²) in [5, 5.41) is 3.64. The maximum atomic E-state index is 12.2. The highest BCUT2D eigenvalue weighted by Crippen LogP contribution is 2.25. The van der Waals surface area contributed by atoms with Crippen LogP contribution in [0.1, 0.15) is 21.7 Å². The summed E-state index contributed by atoms with van der Waals surface area (Å²) in [7, 11) is 0. The maximum absolute atomic E-state index is 12.2. The van der Waals surface area contributed by atoms with Crippen LogP contribution in [0.25, 0.3) is 11.0 Å².